The molecule has 3 heteroatoms. The van der Waals surface area contributed by atoms with Crippen LogP contribution in [-0.4, -0.2) is 49.8 Å². The average Bonchev–Trinajstić information content (AvgIpc) is 2.16. The molecule has 1 N–H and O–H groups in total. The summed E-state index contributed by atoms with van der Waals surface area (Å²) in [6, 6.07) is 1.68. The second-order valence-electron chi connectivity index (χ2n) is 6.18. The Morgan fingerprint density at radius 1 is 1.44 bits per heavy atom. The topological polar surface area (TPSA) is 24.5 Å². The van der Waals surface area contributed by atoms with Gasteiger partial charge >= 0.3 is 0 Å². The van der Waals surface area contributed by atoms with E-state index in [-0.39, 0.29) is 0 Å². The number of ether oxygens (including phenoxy) is 1. The Labute approximate surface area is 101 Å². The number of nitrogens with zero attached hydrogens (tertiary/aromatic N) is 1. The maximum atomic E-state index is 5.26. The average molecular weight is 228 g/mol. The van der Waals surface area contributed by atoms with E-state index in [0.717, 1.165) is 19.7 Å². The molecule has 1 heterocycles. The van der Waals surface area contributed by atoms with Gasteiger partial charge < -0.3 is 10.1 Å². The van der Waals surface area contributed by atoms with Crippen molar-refractivity contribution in [1.82, 2.24) is 10.2 Å². The summed E-state index contributed by atoms with van der Waals surface area (Å²) in [7, 11) is 1.78. The molecular formula is C13H28N2O. The van der Waals surface area contributed by atoms with Crippen LogP contribution in [0.1, 0.15) is 34.6 Å². The molecule has 0 bridgehead atoms. The van der Waals surface area contributed by atoms with E-state index in [1.165, 1.54) is 0 Å². The first-order chi connectivity index (χ1) is 7.36. The fourth-order valence-corrected chi connectivity index (χ4v) is 2.42. The van der Waals surface area contributed by atoms with Gasteiger partial charge in [0.2, 0.25) is 0 Å². The van der Waals surface area contributed by atoms with Gasteiger partial charge in [-0.3, -0.25) is 4.90 Å². The van der Waals surface area contributed by atoms with Crippen molar-refractivity contribution in [1.29, 1.82) is 0 Å². The molecule has 0 spiro atoms. The van der Waals surface area contributed by atoms with Crippen LogP contribution < -0.4 is 5.32 Å². The SMILES string of the molecule is COCC(C)N1CC(C(C)(C)C)NCC1C. The molecule has 3 nitrogen and oxygen atoms in total. The maximum Gasteiger partial charge on any atom is 0.0615 e. The molecule has 0 radical (unpaired) electrons. The number of piperazine rings is 1. The number of hydrogen-bond donors (Lipinski definition) is 1. The summed E-state index contributed by atoms with van der Waals surface area (Å²) in [6.07, 6.45) is 0. The minimum absolute atomic E-state index is 0.325. The molecule has 1 aliphatic rings. The minimum Gasteiger partial charge on any atom is -0.383 e. The zero-order valence-corrected chi connectivity index (χ0v) is 11.7. The van der Waals surface area contributed by atoms with Crippen molar-refractivity contribution >= 4 is 0 Å². The van der Waals surface area contributed by atoms with E-state index >= 15 is 0 Å². The lowest BCUT2D eigenvalue weighted by Gasteiger charge is -2.46. The predicted molar refractivity (Wildman–Crippen MR) is 68.8 cm³/mol. The molecule has 3 atom stereocenters. The summed E-state index contributed by atoms with van der Waals surface area (Å²) in [4.78, 5) is 2.57. The van der Waals surface area contributed by atoms with Gasteiger partial charge in [0.15, 0.2) is 0 Å². The molecule has 16 heavy (non-hydrogen) atoms. The lowest BCUT2D eigenvalue weighted by Crippen LogP contribution is -2.61. The highest BCUT2D eigenvalue weighted by molar-refractivity contribution is 4.92. The Balaban J connectivity index is 2.61. The van der Waals surface area contributed by atoms with Gasteiger partial charge in [-0.1, -0.05) is 20.8 Å². The van der Waals surface area contributed by atoms with Gasteiger partial charge in [-0.15, -0.1) is 0 Å². The Morgan fingerprint density at radius 2 is 2.06 bits per heavy atom. The van der Waals surface area contributed by atoms with Crippen molar-refractivity contribution < 1.29 is 4.74 Å². The molecular weight excluding hydrogens is 200 g/mol. The first kappa shape index (κ1) is 13.9. The van der Waals surface area contributed by atoms with Gasteiger partial charge in [0.05, 0.1) is 6.61 Å². The highest BCUT2D eigenvalue weighted by Gasteiger charge is 2.34. The molecule has 0 amide bonds. The minimum atomic E-state index is 0.325. The molecule has 0 aromatic carbocycles. The van der Waals surface area contributed by atoms with Crippen molar-refractivity contribution in [3.8, 4) is 0 Å². The lowest BCUT2D eigenvalue weighted by molar-refractivity contribution is 0.0279. The van der Waals surface area contributed by atoms with Crippen LogP contribution in [0.3, 0.4) is 0 Å². The Kier molecular flexibility index (Phi) is 4.77. The summed E-state index contributed by atoms with van der Waals surface area (Å²) in [5.41, 5.74) is 0.325. The summed E-state index contributed by atoms with van der Waals surface area (Å²) < 4.78 is 5.26. The summed E-state index contributed by atoms with van der Waals surface area (Å²) in [5.74, 6) is 0. The van der Waals surface area contributed by atoms with Crippen LogP contribution in [0, 0.1) is 5.41 Å². The molecule has 1 fully saturated rings. The van der Waals surface area contributed by atoms with E-state index in [1.54, 1.807) is 7.11 Å². The number of hydrogen-bond acceptors (Lipinski definition) is 3. The van der Waals surface area contributed by atoms with E-state index in [4.69, 9.17) is 4.74 Å². The molecule has 1 saturated heterocycles. The zero-order chi connectivity index (χ0) is 12.3. The predicted octanol–water partition coefficient (Wildman–Crippen LogP) is 1.73. The van der Waals surface area contributed by atoms with E-state index in [2.05, 4.69) is 44.8 Å². The van der Waals surface area contributed by atoms with Crippen molar-refractivity contribution in [3.05, 3.63) is 0 Å². The largest absolute Gasteiger partial charge is 0.383 e. The third-order valence-electron chi connectivity index (χ3n) is 3.64. The second kappa shape index (κ2) is 5.48. The first-order valence-corrected chi connectivity index (χ1v) is 6.34. The van der Waals surface area contributed by atoms with Gasteiger partial charge in [-0.2, -0.15) is 0 Å². The Bertz CT molecular complexity index is 212. The van der Waals surface area contributed by atoms with Gasteiger partial charge in [0.25, 0.3) is 0 Å². The zero-order valence-electron chi connectivity index (χ0n) is 11.7. The molecule has 3 unspecified atom stereocenters. The monoisotopic (exact) mass is 228 g/mol. The lowest BCUT2D eigenvalue weighted by atomic mass is 9.84. The smallest absolute Gasteiger partial charge is 0.0615 e. The van der Waals surface area contributed by atoms with Gasteiger partial charge in [0, 0.05) is 38.3 Å². The van der Waals surface area contributed by atoms with E-state index in [1.807, 2.05) is 0 Å². The quantitative estimate of drug-likeness (QED) is 0.796. The van der Waals surface area contributed by atoms with E-state index in [0.29, 0.717) is 23.5 Å². The fraction of sp³-hybridized carbons (Fsp3) is 1.00. The molecule has 0 saturated carbocycles. The Hall–Kier alpha value is -0.120. The van der Waals surface area contributed by atoms with Gasteiger partial charge in [0.1, 0.15) is 0 Å². The second-order valence-corrected chi connectivity index (χ2v) is 6.18. The van der Waals surface area contributed by atoms with Crippen molar-refractivity contribution in [2.24, 2.45) is 5.41 Å². The standard InChI is InChI=1S/C13H28N2O/c1-10-7-14-12(13(3,4)5)8-15(10)11(2)9-16-6/h10-12,14H,7-9H2,1-6H3. The van der Waals surface area contributed by atoms with Crippen LogP contribution >= 0.6 is 0 Å². The molecule has 96 valence electrons. The number of rotatable bonds is 3. The molecule has 1 rings (SSSR count). The maximum absolute atomic E-state index is 5.26. The van der Waals surface area contributed by atoms with Crippen LogP contribution in [0.25, 0.3) is 0 Å². The van der Waals surface area contributed by atoms with Crippen molar-refractivity contribution in [3.63, 3.8) is 0 Å². The summed E-state index contributed by atoms with van der Waals surface area (Å²) in [6.45, 7) is 14.5. The van der Waals surface area contributed by atoms with Crippen molar-refractivity contribution in [2.75, 3.05) is 26.8 Å². The van der Waals surface area contributed by atoms with Crippen LogP contribution in [0.2, 0.25) is 0 Å². The van der Waals surface area contributed by atoms with Crippen LogP contribution in [0.15, 0.2) is 0 Å². The molecule has 0 aromatic rings. The van der Waals surface area contributed by atoms with Crippen LogP contribution in [-0.2, 0) is 4.74 Å². The van der Waals surface area contributed by atoms with Crippen LogP contribution in [0.4, 0.5) is 0 Å². The van der Waals surface area contributed by atoms with E-state index in [9.17, 15) is 0 Å². The summed E-state index contributed by atoms with van der Waals surface area (Å²) in [5, 5.41) is 3.65. The van der Waals surface area contributed by atoms with E-state index < -0.39 is 0 Å². The number of nitrogens with one attached hydrogen (secondary N) is 1. The summed E-state index contributed by atoms with van der Waals surface area (Å²) >= 11 is 0. The number of methoxy groups -OCH3 is 1. The van der Waals surface area contributed by atoms with Gasteiger partial charge in [-0.05, 0) is 19.3 Å². The molecule has 1 aliphatic heterocycles. The first-order valence-electron chi connectivity index (χ1n) is 6.34. The highest BCUT2D eigenvalue weighted by atomic mass is 16.5. The third-order valence-corrected chi connectivity index (χ3v) is 3.64. The highest BCUT2D eigenvalue weighted by Crippen LogP contribution is 2.24. The molecule has 0 aromatic heterocycles. The molecule has 0 aliphatic carbocycles. The fourth-order valence-electron chi connectivity index (χ4n) is 2.42. The van der Waals surface area contributed by atoms with Crippen molar-refractivity contribution in [2.45, 2.75) is 52.7 Å². The van der Waals surface area contributed by atoms with Crippen LogP contribution in [0.5, 0.6) is 0 Å². The van der Waals surface area contributed by atoms with Gasteiger partial charge in [-0.25, -0.2) is 0 Å². The normalized spacial score (nSPS) is 30.4. The third kappa shape index (κ3) is 3.44. The Morgan fingerprint density at radius 3 is 2.56 bits per heavy atom.